The first kappa shape index (κ1) is 21.5. The summed E-state index contributed by atoms with van der Waals surface area (Å²) in [5, 5.41) is 0. The zero-order valence-corrected chi connectivity index (χ0v) is 18.4. The van der Waals surface area contributed by atoms with Gasteiger partial charge in [0.2, 0.25) is 11.7 Å². The van der Waals surface area contributed by atoms with Crippen molar-refractivity contribution in [3.05, 3.63) is 45.1 Å². The normalized spacial score (nSPS) is 15.0. The molecule has 156 valence electrons. The molecule has 2 aromatic rings. The molecule has 0 saturated carbocycles. The lowest BCUT2D eigenvalue weighted by atomic mass is 10.1. The minimum Gasteiger partial charge on any atom is -0.493 e. The highest BCUT2D eigenvalue weighted by atomic mass is 35.5. The summed E-state index contributed by atoms with van der Waals surface area (Å²) in [4.78, 5) is 18.0. The van der Waals surface area contributed by atoms with E-state index in [1.165, 1.54) is 4.88 Å². The van der Waals surface area contributed by atoms with Crippen molar-refractivity contribution in [2.75, 3.05) is 47.5 Å². The van der Waals surface area contributed by atoms with E-state index < -0.39 is 0 Å². The minimum atomic E-state index is -0.00225. The van der Waals surface area contributed by atoms with Gasteiger partial charge in [-0.25, -0.2) is 0 Å². The third kappa shape index (κ3) is 5.44. The molecule has 8 heteroatoms. The van der Waals surface area contributed by atoms with Gasteiger partial charge in [-0.1, -0.05) is 11.6 Å². The summed E-state index contributed by atoms with van der Waals surface area (Å²) in [5.74, 6) is 1.64. The van der Waals surface area contributed by atoms with E-state index in [2.05, 4.69) is 11.0 Å². The molecule has 0 aliphatic carbocycles. The van der Waals surface area contributed by atoms with Crippen LogP contribution in [0, 0.1) is 0 Å². The first-order valence-electron chi connectivity index (χ1n) is 9.27. The smallest absolute Gasteiger partial charge is 0.246 e. The van der Waals surface area contributed by atoms with E-state index in [9.17, 15) is 4.79 Å². The fourth-order valence-electron chi connectivity index (χ4n) is 3.25. The van der Waals surface area contributed by atoms with Crippen molar-refractivity contribution in [2.24, 2.45) is 0 Å². The molecule has 6 nitrogen and oxygen atoms in total. The molecular formula is C21H25ClN2O4S. The van der Waals surface area contributed by atoms with E-state index in [0.29, 0.717) is 30.3 Å². The van der Waals surface area contributed by atoms with E-state index in [0.717, 1.165) is 29.5 Å². The average Bonchev–Trinajstić information content (AvgIpc) is 3.16. The Morgan fingerprint density at radius 3 is 2.24 bits per heavy atom. The second-order valence-corrected chi connectivity index (χ2v) is 8.40. The van der Waals surface area contributed by atoms with Gasteiger partial charge in [-0.05, 0) is 35.9 Å². The van der Waals surface area contributed by atoms with Gasteiger partial charge >= 0.3 is 0 Å². The maximum Gasteiger partial charge on any atom is 0.246 e. The van der Waals surface area contributed by atoms with Crippen LogP contribution in [-0.2, 0) is 11.3 Å². The summed E-state index contributed by atoms with van der Waals surface area (Å²) in [6.45, 7) is 3.98. The number of ether oxygens (including phenoxy) is 3. The fourth-order valence-corrected chi connectivity index (χ4v) is 4.38. The SMILES string of the molecule is COc1cc(/C=C/C(=O)N2CCN(Cc3ccc(Cl)s3)CC2)cc(OC)c1OC. The van der Waals surface area contributed by atoms with Crippen LogP contribution in [0.5, 0.6) is 17.2 Å². The fraction of sp³-hybridized carbons (Fsp3) is 0.381. The Bertz CT molecular complexity index is 850. The van der Waals surface area contributed by atoms with Crippen LogP contribution < -0.4 is 14.2 Å². The monoisotopic (exact) mass is 436 g/mol. The highest BCUT2D eigenvalue weighted by Crippen LogP contribution is 2.38. The van der Waals surface area contributed by atoms with Crippen molar-refractivity contribution in [2.45, 2.75) is 6.54 Å². The molecule has 0 atom stereocenters. The molecule has 0 bridgehead atoms. The number of carbonyl (C=O) groups excluding carboxylic acids is 1. The van der Waals surface area contributed by atoms with Crippen molar-refractivity contribution < 1.29 is 19.0 Å². The summed E-state index contributed by atoms with van der Waals surface area (Å²) in [6.07, 6.45) is 3.36. The first-order chi connectivity index (χ1) is 14.0. The zero-order valence-electron chi connectivity index (χ0n) is 16.8. The number of methoxy groups -OCH3 is 3. The molecule has 3 rings (SSSR count). The second kappa shape index (κ2) is 10.0. The van der Waals surface area contributed by atoms with Crippen LogP contribution in [0.1, 0.15) is 10.4 Å². The number of benzene rings is 1. The molecule has 1 aromatic heterocycles. The van der Waals surface area contributed by atoms with Crippen LogP contribution in [0.15, 0.2) is 30.3 Å². The van der Waals surface area contributed by atoms with Gasteiger partial charge in [0.05, 0.1) is 25.7 Å². The van der Waals surface area contributed by atoms with Crippen LogP contribution in [0.2, 0.25) is 4.34 Å². The van der Waals surface area contributed by atoms with Crippen molar-refractivity contribution >= 4 is 34.9 Å². The maximum atomic E-state index is 12.6. The third-order valence-corrected chi connectivity index (χ3v) is 6.01. The molecule has 1 fully saturated rings. The number of amides is 1. The van der Waals surface area contributed by atoms with Crippen LogP contribution in [0.25, 0.3) is 6.08 Å². The number of piperazine rings is 1. The molecular weight excluding hydrogens is 412 g/mol. The van der Waals surface area contributed by atoms with Crippen LogP contribution in [0.3, 0.4) is 0 Å². The lowest BCUT2D eigenvalue weighted by molar-refractivity contribution is -0.127. The number of hydrogen-bond donors (Lipinski definition) is 0. The van der Waals surface area contributed by atoms with Gasteiger partial charge in [0, 0.05) is 43.7 Å². The van der Waals surface area contributed by atoms with Crippen molar-refractivity contribution in [1.82, 2.24) is 9.80 Å². The Morgan fingerprint density at radius 2 is 1.72 bits per heavy atom. The summed E-state index contributed by atoms with van der Waals surface area (Å²) in [6, 6.07) is 7.62. The van der Waals surface area contributed by atoms with Gasteiger partial charge in [0.15, 0.2) is 11.5 Å². The first-order valence-corrected chi connectivity index (χ1v) is 10.5. The van der Waals surface area contributed by atoms with E-state index >= 15 is 0 Å². The number of nitrogens with zero attached hydrogens (tertiary/aromatic N) is 2. The van der Waals surface area contributed by atoms with Crippen molar-refractivity contribution in [3.63, 3.8) is 0 Å². The van der Waals surface area contributed by atoms with E-state index in [4.69, 9.17) is 25.8 Å². The lowest BCUT2D eigenvalue weighted by Crippen LogP contribution is -2.47. The minimum absolute atomic E-state index is 0.00225. The number of carbonyl (C=O) groups is 1. The molecule has 1 aromatic carbocycles. The molecule has 1 aliphatic rings. The van der Waals surface area contributed by atoms with Crippen LogP contribution in [-0.4, -0.2) is 63.2 Å². The highest BCUT2D eigenvalue weighted by Gasteiger charge is 2.20. The predicted molar refractivity (Wildman–Crippen MR) is 116 cm³/mol. The van der Waals surface area contributed by atoms with Gasteiger partial charge in [-0.15, -0.1) is 11.3 Å². The Kier molecular flexibility index (Phi) is 7.41. The average molecular weight is 437 g/mol. The largest absolute Gasteiger partial charge is 0.493 e. The quantitative estimate of drug-likeness (QED) is 0.618. The molecule has 0 radical (unpaired) electrons. The van der Waals surface area contributed by atoms with E-state index in [1.807, 2.05) is 23.1 Å². The Morgan fingerprint density at radius 1 is 1.07 bits per heavy atom. The summed E-state index contributed by atoms with van der Waals surface area (Å²) in [7, 11) is 4.70. The Balaban J connectivity index is 1.58. The van der Waals surface area contributed by atoms with Gasteiger partial charge in [-0.2, -0.15) is 0 Å². The number of rotatable bonds is 7. The van der Waals surface area contributed by atoms with Crippen molar-refractivity contribution in [1.29, 1.82) is 0 Å². The molecule has 29 heavy (non-hydrogen) atoms. The molecule has 2 heterocycles. The van der Waals surface area contributed by atoms with Gasteiger partial charge in [0.1, 0.15) is 0 Å². The van der Waals surface area contributed by atoms with Crippen molar-refractivity contribution in [3.8, 4) is 17.2 Å². The number of hydrogen-bond acceptors (Lipinski definition) is 6. The summed E-state index contributed by atoms with van der Waals surface area (Å²) >= 11 is 7.61. The topological polar surface area (TPSA) is 51.2 Å². The molecule has 0 unspecified atom stereocenters. The highest BCUT2D eigenvalue weighted by molar-refractivity contribution is 7.16. The lowest BCUT2D eigenvalue weighted by Gasteiger charge is -2.34. The number of halogens is 1. The molecule has 1 aliphatic heterocycles. The third-order valence-electron chi connectivity index (χ3n) is 4.80. The predicted octanol–water partition coefficient (Wildman–Crippen LogP) is 3.78. The van der Waals surface area contributed by atoms with Gasteiger partial charge in [-0.3, -0.25) is 9.69 Å². The Labute approximate surface area is 180 Å². The summed E-state index contributed by atoms with van der Waals surface area (Å²) < 4.78 is 16.9. The van der Waals surface area contributed by atoms with E-state index in [-0.39, 0.29) is 5.91 Å². The number of thiophene rings is 1. The van der Waals surface area contributed by atoms with Gasteiger partial charge in [0.25, 0.3) is 0 Å². The zero-order chi connectivity index (χ0) is 20.8. The van der Waals surface area contributed by atoms with Gasteiger partial charge < -0.3 is 19.1 Å². The second-order valence-electron chi connectivity index (χ2n) is 6.60. The molecule has 0 spiro atoms. The van der Waals surface area contributed by atoms with Crippen LogP contribution in [0.4, 0.5) is 0 Å². The molecule has 1 amide bonds. The standard InChI is InChI=1S/C21H25ClN2O4S/c1-26-17-12-15(13-18(27-2)21(17)28-3)4-7-20(25)24-10-8-23(9-11-24)14-16-5-6-19(22)29-16/h4-7,12-13H,8-11,14H2,1-3H3/b7-4+. The molecule has 0 N–H and O–H groups in total. The van der Waals surface area contributed by atoms with E-state index in [1.54, 1.807) is 44.8 Å². The Hall–Kier alpha value is -2.22. The summed E-state index contributed by atoms with van der Waals surface area (Å²) in [5.41, 5.74) is 0.807. The van der Waals surface area contributed by atoms with Crippen LogP contribution >= 0.6 is 22.9 Å². The molecule has 1 saturated heterocycles. The maximum absolute atomic E-state index is 12.6.